The van der Waals surface area contributed by atoms with Crippen molar-refractivity contribution in [1.82, 2.24) is 0 Å². The van der Waals surface area contributed by atoms with Crippen molar-refractivity contribution in [2.75, 3.05) is 6.26 Å². The maximum absolute atomic E-state index is 11.4. The van der Waals surface area contributed by atoms with Crippen molar-refractivity contribution in [3.05, 3.63) is 29.8 Å². The molecular formula is C14H18O4S2. The Bertz CT molecular complexity index is 572. The molecule has 1 aliphatic carbocycles. The van der Waals surface area contributed by atoms with Gasteiger partial charge in [0.15, 0.2) is 9.84 Å². The van der Waals surface area contributed by atoms with Crippen molar-refractivity contribution >= 4 is 27.6 Å². The molecule has 1 N–H and O–H groups in total. The van der Waals surface area contributed by atoms with E-state index >= 15 is 0 Å². The highest BCUT2D eigenvalue weighted by Crippen LogP contribution is 2.39. The maximum atomic E-state index is 11.4. The van der Waals surface area contributed by atoms with E-state index in [1.165, 1.54) is 23.9 Å². The highest BCUT2D eigenvalue weighted by molar-refractivity contribution is 8.00. The average Bonchev–Trinajstić information content (AvgIpc) is 2.87. The van der Waals surface area contributed by atoms with Crippen molar-refractivity contribution in [3.63, 3.8) is 0 Å². The van der Waals surface area contributed by atoms with Crippen LogP contribution in [0.15, 0.2) is 29.2 Å². The molecule has 0 amide bonds. The van der Waals surface area contributed by atoms with Crippen LogP contribution in [0.3, 0.4) is 0 Å². The van der Waals surface area contributed by atoms with Gasteiger partial charge in [0, 0.05) is 11.5 Å². The minimum Gasteiger partial charge on any atom is -0.480 e. The molecule has 0 spiro atoms. The summed E-state index contributed by atoms with van der Waals surface area (Å²) in [5.74, 6) is -0.867. The first-order chi connectivity index (χ1) is 9.38. The standard InChI is InChI=1S/C14H18O4S2/c1-20(17,18)12-8-6-10(7-9-12)13(14(15)16)19-11-4-2-3-5-11/h6-9,11,13H,2-5H2,1H3,(H,15,16)/t13-/m0/s1. The van der Waals surface area contributed by atoms with Crippen LogP contribution >= 0.6 is 11.8 Å². The van der Waals surface area contributed by atoms with E-state index in [1.807, 2.05) is 0 Å². The topological polar surface area (TPSA) is 71.4 Å². The zero-order valence-electron chi connectivity index (χ0n) is 11.3. The third-order valence-corrected chi connectivity index (χ3v) is 6.20. The molecule has 2 rings (SSSR count). The Labute approximate surface area is 123 Å². The summed E-state index contributed by atoms with van der Waals surface area (Å²) in [6.45, 7) is 0. The first kappa shape index (κ1) is 15.4. The summed E-state index contributed by atoms with van der Waals surface area (Å²) >= 11 is 1.48. The largest absolute Gasteiger partial charge is 0.480 e. The Morgan fingerprint density at radius 1 is 1.25 bits per heavy atom. The second-order valence-electron chi connectivity index (χ2n) is 5.10. The van der Waals surface area contributed by atoms with Gasteiger partial charge in [-0.2, -0.15) is 0 Å². The summed E-state index contributed by atoms with van der Waals surface area (Å²) in [6.07, 6.45) is 5.60. The van der Waals surface area contributed by atoms with Gasteiger partial charge in [0.2, 0.25) is 0 Å². The van der Waals surface area contributed by atoms with E-state index in [4.69, 9.17) is 0 Å². The number of hydrogen-bond donors (Lipinski definition) is 1. The number of hydrogen-bond acceptors (Lipinski definition) is 4. The third-order valence-electron chi connectivity index (χ3n) is 3.47. The van der Waals surface area contributed by atoms with Crippen LogP contribution in [0.1, 0.15) is 36.5 Å². The third kappa shape index (κ3) is 3.76. The van der Waals surface area contributed by atoms with Gasteiger partial charge >= 0.3 is 5.97 Å². The molecular weight excluding hydrogens is 296 g/mol. The zero-order valence-corrected chi connectivity index (χ0v) is 12.9. The first-order valence-electron chi connectivity index (χ1n) is 6.56. The van der Waals surface area contributed by atoms with Crippen molar-refractivity contribution in [2.24, 2.45) is 0 Å². The van der Waals surface area contributed by atoms with E-state index in [-0.39, 0.29) is 4.90 Å². The number of thioether (sulfide) groups is 1. The number of sulfone groups is 1. The van der Waals surface area contributed by atoms with Gasteiger partial charge in [-0.15, -0.1) is 11.8 Å². The number of rotatable bonds is 5. The molecule has 0 aliphatic heterocycles. The van der Waals surface area contributed by atoms with Gasteiger partial charge in [0.25, 0.3) is 0 Å². The fourth-order valence-corrected chi connectivity index (χ4v) is 4.44. The molecule has 1 fully saturated rings. The van der Waals surface area contributed by atoms with Gasteiger partial charge in [-0.25, -0.2) is 8.42 Å². The molecule has 1 saturated carbocycles. The maximum Gasteiger partial charge on any atom is 0.321 e. The van der Waals surface area contributed by atoms with Gasteiger partial charge in [0.05, 0.1) is 4.90 Å². The molecule has 0 saturated heterocycles. The minimum absolute atomic E-state index is 0.219. The Morgan fingerprint density at radius 3 is 2.25 bits per heavy atom. The van der Waals surface area contributed by atoms with E-state index in [0.717, 1.165) is 31.9 Å². The Balaban J connectivity index is 2.19. The van der Waals surface area contributed by atoms with Crippen molar-refractivity contribution in [1.29, 1.82) is 0 Å². The zero-order chi connectivity index (χ0) is 14.8. The van der Waals surface area contributed by atoms with Crippen LogP contribution in [-0.4, -0.2) is 31.0 Å². The Hall–Kier alpha value is -1.01. The number of carboxylic acids is 1. The van der Waals surface area contributed by atoms with Crippen LogP contribution in [0, 0.1) is 0 Å². The summed E-state index contributed by atoms with van der Waals surface area (Å²) in [6, 6.07) is 6.18. The molecule has 0 bridgehead atoms. The fourth-order valence-electron chi connectivity index (χ4n) is 2.39. The second-order valence-corrected chi connectivity index (χ2v) is 8.53. The van der Waals surface area contributed by atoms with Gasteiger partial charge in [-0.3, -0.25) is 4.79 Å². The molecule has 1 aromatic carbocycles. The predicted molar refractivity (Wildman–Crippen MR) is 79.8 cm³/mol. The van der Waals surface area contributed by atoms with Gasteiger partial charge in [-0.1, -0.05) is 25.0 Å². The average molecular weight is 314 g/mol. The Kier molecular flexibility index (Phi) is 4.75. The smallest absolute Gasteiger partial charge is 0.321 e. The quantitative estimate of drug-likeness (QED) is 0.905. The lowest BCUT2D eigenvalue weighted by molar-refractivity contribution is -0.136. The van der Waals surface area contributed by atoms with E-state index in [1.54, 1.807) is 12.1 Å². The SMILES string of the molecule is CS(=O)(=O)c1ccc([C@H](SC2CCCC2)C(=O)O)cc1. The molecule has 0 heterocycles. The van der Waals surface area contributed by atoms with Crippen LogP contribution in [0.2, 0.25) is 0 Å². The molecule has 0 unspecified atom stereocenters. The molecule has 0 radical (unpaired) electrons. The summed E-state index contributed by atoms with van der Waals surface area (Å²) in [4.78, 5) is 11.6. The molecule has 6 heteroatoms. The van der Waals surface area contributed by atoms with Crippen molar-refractivity contribution in [2.45, 2.75) is 41.1 Å². The molecule has 0 aromatic heterocycles. The summed E-state index contributed by atoms with van der Waals surface area (Å²) < 4.78 is 22.8. The van der Waals surface area contributed by atoms with Crippen LogP contribution in [0.25, 0.3) is 0 Å². The molecule has 110 valence electrons. The van der Waals surface area contributed by atoms with Crippen molar-refractivity contribution in [3.8, 4) is 0 Å². The lowest BCUT2D eigenvalue weighted by Crippen LogP contribution is -2.12. The van der Waals surface area contributed by atoms with Gasteiger partial charge < -0.3 is 5.11 Å². The molecule has 1 aliphatic rings. The minimum atomic E-state index is -3.24. The summed E-state index contributed by atoms with van der Waals surface area (Å²) in [7, 11) is -3.24. The Morgan fingerprint density at radius 2 is 1.80 bits per heavy atom. The number of benzene rings is 1. The summed E-state index contributed by atoms with van der Waals surface area (Å²) in [5.41, 5.74) is 0.654. The van der Waals surface area contributed by atoms with E-state index < -0.39 is 21.1 Å². The first-order valence-corrected chi connectivity index (χ1v) is 9.39. The van der Waals surface area contributed by atoms with Crippen LogP contribution in [-0.2, 0) is 14.6 Å². The van der Waals surface area contributed by atoms with E-state index in [2.05, 4.69) is 0 Å². The van der Waals surface area contributed by atoms with E-state index in [0.29, 0.717) is 10.8 Å². The molecule has 20 heavy (non-hydrogen) atoms. The molecule has 4 nitrogen and oxygen atoms in total. The number of carboxylic acid groups (broad SMARTS) is 1. The van der Waals surface area contributed by atoms with E-state index in [9.17, 15) is 18.3 Å². The highest BCUT2D eigenvalue weighted by atomic mass is 32.2. The van der Waals surface area contributed by atoms with Crippen molar-refractivity contribution < 1.29 is 18.3 Å². The number of carbonyl (C=O) groups is 1. The van der Waals surface area contributed by atoms with Gasteiger partial charge in [-0.05, 0) is 30.5 Å². The molecule has 1 aromatic rings. The fraction of sp³-hybridized carbons (Fsp3) is 0.500. The predicted octanol–water partition coefficient (Wildman–Crippen LogP) is 2.89. The lowest BCUT2D eigenvalue weighted by Gasteiger charge is -2.17. The monoisotopic (exact) mass is 314 g/mol. The van der Waals surface area contributed by atoms with Crippen LogP contribution < -0.4 is 0 Å². The van der Waals surface area contributed by atoms with Crippen LogP contribution in [0.4, 0.5) is 0 Å². The van der Waals surface area contributed by atoms with Gasteiger partial charge in [0.1, 0.15) is 5.25 Å². The van der Waals surface area contributed by atoms with Crippen LogP contribution in [0.5, 0.6) is 0 Å². The highest BCUT2D eigenvalue weighted by Gasteiger charge is 2.27. The number of aliphatic carboxylic acids is 1. The molecule has 1 atom stereocenters. The second kappa shape index (κ2) is 6.18. The normalized spacial score (nSPS) is 18.1. The lowest BCUT2D eigenvalue weighted by atomic mass is 10.1. The summed E-state index contributed by atoms with van der Waals surface area (Å²) in [5, 5.41) is 9.15.